The summed E-state index contributed by atoms with van der Waals surface area (Å²) in [6, 6.07) is 2.69. The van der Waals surface area contributed by atoms with Crippen molar-refractivity contribution in [3.8, 4) is 0 Å². The van der Waals surface area contributed by atoms with Crippen LogP contribution in [-0.4, -0.2) is 24.1 Å². The highest BCUT2D eigenvalue weighted by Crippen LogP contribution is 2.27. The zero-order chi connectivity index (χ0) is 13.7. The first-order valence-electron chi connectivity index (χ1n) is 7.62. The molecule has 1 aromatic rings. The van der Waals surface area contributed by atoms with Gasteiger partial charge in [-0.2, -0.15) is 0 Å². The Labute approximate surface area is 117 Å². The molecule has 0 saturated carbocycles. The van der Waals surface area contributed by atoms with E-state index in [4.69, 9.17) is 0 Å². The lowest BCUT2D eigenvalue weighted by Gasteiger charge is -2.35. The predicted octanol–water partition coefficient (Wildman–Crippen LogP) is 3.21. The van der Waals surface area contributed by atoms with Crippen LogP contribution in [0.3, 0.4) is 0 Å². The third-order valence-corrected chi connectivity index (χ3v) is 4.02. The van der Waals surface area contributed by atoms with Crippen LogP contribution in [-0.2, 0) is 6.54 Å². The van der Waals surface area contributed by atoms with Crippen LogP contribution in [0.2, 0.25) is 0 Å². The van der Waals surface area contributed by atoms with Crippen LogP contribution in [0.5, 0.6) is 0 Å². The second kappa shape index (κ2) is 6.90. The molecule has 1 aromatic heterocycles. The van der Waals surface area contributed by atoms with Gasteiger partial charge in [-0.05, 0) is 24.8 Å². The molecule has 1 atom stereocenters. The van der Waals surface area contributed by atoms with Crippen LogP contribution in [0, 0.1) is 5.92 Å². The van der Waals surface area contributed by atoms with Crippen molar-refractivity contribution in [3.63, 3.8) is 0 Å². The Kier molecular flexibility index (Phi) is 5.20. The fraction of sp³-hybridized carbons (Fsp3) is 0.688. The number of nitrogens with one attached hydrogen (secondary N) is 1. The first-order chi connectivity index (χ1) is 9.20. The van der Waals surface area contributed by atoms with Gasteiger partial charge in [0, 0.05) is 49.3 Å². The van der Waals surface area contributed by atoms with Gasteiger partial charge in [0.05, 0.1) is 0 Å². The molecule has 106 valence electrons. The zero-order valence-corrected chi connectivity index (χ0v) is 12.5. The van der Waals surface area contributed by atoms with E-state index in [9.17, 15) is 0 Å². The molecule has 2 heterocycles. The van der Waals surface area contributed by atoms with Crippen LogP contribution in [0.25, 0.3) is 0 Å². The molecule has 3 nitrogen and oxygen atoms in total. The Morgan fingerprint density at radius 1 is 1.47 bits per heavy atom. The standard InChI is InChI=1S/C16H27N3/c1-4-14-6-5-9-19(12-14)16-7-8-17-10-15(16)11-18-13(2)3/h7-8,10,13-14,18H,4-6,9,11-12H2,1-3H3. The van der Waals surface area contributed by atoms with Gasteiger partial charge in [-0.25, -0.2) is 0 Å². The van der Waals surface area contributed by atoms with Gasteiger partial charge >= 0.3 is 0 Å². The van der Waals surface area contributed by atoms with Gasteiger partial charge in [0.15, 0.2) is 0 Å². The monoisotopic (exact) mass is 261 g/mol. The van der Waals surface area contributed by atoms with Gasteiger partial charge in [-0.1, -0.05) is 27.2 Å². The summed E-state index contributed by atoms with van der Waals surface area (Å²) in [5.41, 5.74) is 2.70. The topological polar surface area (TPSA) is 28.2 Å². The lowest BCUT2D eigenvalue weighted by atomic mass is 9.95. The third kappa shape index (κ3) is 3.93. The number of hydrogen-bond acceptors (Lipinski definition) is 3. The van der Waals surface area contributed by atoms with Crippen molar-refractivity contribution in [3.05, 3.63) is 24.0 Å². The summed E-state index contributed by atoms with van der Waals surface area (Å²) in [6.07, 6.45) is 7.93. The molecule has 1 fully saturated rings. The summed E-state index contributed by atoms with van der Waals surface area (Å²) in [5.74, 6) is 0.854. The van der Waals surface area contributed by atoms with Crippen LogP contribution < -0.4 is 10.2 Å². The molecule has 0 aliphatic carbocycles. The number of rotatable bonds is 5. The minimum Gasteiger partial charge on any atom is -0.371 e. The zero-order valence-electron chi connectivity index (χ0n) is 12.5. The summed E-state index contributed by atoms with van der Waals surface area (Å²) in [6.45, 7) is 9.98. The predicted molar refractivity (Wildman–Crippen MR) is 81.4 cm³/mol. The van der Waals surface area contributed by atoms with E-state index in [-0.39, 0.29) is 0 Å². The SMILES string of the molecule is CCC1CCCN(c2ccncc2CNC(C)C)C1. The Hall–Kier alpha value is -1.09. The van der Waals surface area contributed by atoms with Gasteiger partial charge in [-0.15, -0.1) is 0 Å². The number of anilines is 1. The average molecular weight is 261 g/mol. The van der Waals surface area contributed by atoms with Crippen molar-refractivity contribution in [2.24, 2.45) is 5.92 Å². The highest BCUT2D eigenvalue weighted by atomic mass is 15.1. The first-order valence-corrected chi connectivity index (χ1v) is 7.62. The number of pyridine rings is 1. The van der Waals surface area contributed by atoms with Crippen molar-refractivity contribution >= 4 is 5.69 Å². The van der Waals surface area contributed by atoms with E-state index < -0.39 is 0 Å². The fourth-order valence-corrected chi connectivity index (χ4v) is 2.80. The van der Waals surface area contributed by atoms with E-state index in [1.54, 1.807) is 0 Å². The molecule has 0 spiro atoms. The quantitative estimate of drug-likeness (QED) is 0.882. The van der Waals surface area contributed by atoms with E-state index in [2.05, 4.69) is 42.0 Å². The molecule has 1 saturated heterocycles. The molecule has 1 N–H and O–H groups in total. The summed E-state index contributed by atoms with van der Waals surface area (Å²) in [5, 5.41) is 3.50. The molecular weight excluding hydrogens is 234 g/mol. The molecule has 0 bridgehead atoms. The Morgan fingerprint density at radius 2 is 2.32 bits per heavy atom. The van der Waals surface area contributed by atoms with Crippen LogP contribution in [0.4, 0.5) is 5.69 Å². The Morgan fingerprint density at radius 3 is 3.05 bits per heavy atom. The van der Waals surface area contributed by atoms with Gasteiger partial charge in [0.2, 0.25) is 0 Å². The molecule has 2 rings (SSSR count). The average Bonchev–Trinajstić information content (AvgIpc) is 2.45. The van der Waals surface area contributed by atoms with E-state index >= 15 is 0 Å². The first kappa shape index (κ1) is 14.3. The lowest BCUT2D eigenvalue weighted by molar-refractivity contribution is 0.404. The number of nitrogens with zero attached hydrogens (tertiary/aromatic N) is 2. The van der Waals surface area contributed by atoms with E-state index in [1.807, 2.05) is 12.4 Å². The second-order valence-electron chi connectivity index (χ2n) is 5.90. The van der Waals surface area contributed by atoms with Gasteiger partial charge in [0.25, 0.3) is 0 Å². The van der Waals surface area contributed by atoms with Crippen molar-refractivity contribution in [1.29, 1.82) is 0 Å². The minimum atomic E-state index is 0.512. The van der Waals surface area contributed by atoms with Crippen molar-refractivity contribution in [1.82, 2.24) is 10.3 Å². The summed E-state index contributed by atoms with van der Waals surface area (Å²) >= 11 is 0. The largest absolute Gasteiger partial charge is 0.371 e. The third-order valence-electron chi connectivity index (χ3n) is 4.02. The fourth-order valence-electron chi connectivity index (χ4n) is 2.80. The number of piperidine rings is 1. The maximum atomic E-state index is 4.29. The van der Waals surface area contributed by atoms with Crippen molar-refractivity contribution < 1.29 is 0 Å². The van der Waals surface area contributed by atoms with Gasteiger partial charge in [-0.3, -0.25) is 4.98 Å². The van der Waals surface area contributed by atoms with E-state index in [0.717, 1.165) is 12.5 Å². The Bertz CT molecular complexity index is 389. The Balaban J connectivity index is 2.09. The summed E-state index contributed by atoms with van der Waals surface area (Å²) in [7, 11) is 0. The number of hydrogen-bond donors (Lipinski definition) is 1. The molecule has 1 aliphatic heterocycles. The maximum absolute atomic E-state index is 4.29. The van der Waals surface area contributed by atoms with Crippen LogP contribution in [0.15, 0.2) is 18.5 Å². The van der Waals surface area contributed by atoms with Gasteiger partial charge < -0.3 is 10.2 Å². The molecule has 3 heteroatoms. The normalized spacial score (nSPS) is 20.0. The molecular formula is C16H27N3. The smallest absolute Gasteiger partial charge is 0.0442 e. The molecule has 0 amide bonds. The molecule has 1 aliphatic rings. The van der Waals surface area contributed by atoms with Crippen LogP contribution in [0.1, 0.15) is 45.6 Å². The molecule has 0 radical (unpaired) electrons. The van der Waals surface area contributed by atoms with E-state index in [0.29, 0.717) is 6.04 Å². The van der Waals surface area contributed by atoms with Crippen LogP contribution >= 0.6 is 0 Å². The molecule has 1 unspecified atom stereocenters. The van der Waals surface area contributed by atoms with E-state index in [1.165, 1.54) is 43.6 Å². The van der Waals surface area contributed by atoms with Crippen molar-refractivity contribution in [2.75, 3.05) is 18.0 Å². The number of aromatic nitrogens is 1. The lowest BCUT2D eigenvalue weighted by Crippen LogP contribution is -2.36. The van der Waals surface area contributed by atoms with Gasteiger partial charge in [0.1, 0.15) is 0 Å². The highest BCUT2D eigenvalue weighted by molar-refractivity contribution is 5.52. The second-order valence-corrected chi connectivity index (χ2v) is 5.90. The summed E-state index contributed by atoms with van der Waals surface area (Å²) < 4.78 is 0. The minimum absolute atomic E-state index is 0.512. The maximum Gasteiger partial charge on any atom is 0.0442 e. The summed E-state index contributed by atoms with van der Waals surface area (Å²) in [4.78, 5) is 6.84. The van der Waals surface area contributed by atoms with Crippen molar-refractivity contribution in [2.45, 2.75) is 52.6 Å². The molecule has 19 heavy (non-hydrogen) atoms. The molecule has 0 aromatic carbocycles. The highest BCUT2D eigenvalue weighted by Gasteiger charge is 2.20.